The topological polar surface area (TPSA) is 55.4 Å². The molecule has 1 heterocycles. The maximum absolute atomic E-state index is 11.8. The van der Waals surface area contributed by atoms with Gasteiger partial charge < -0.3 is 10.1 Å². The van der Waals surface area contributed by atoms with Gasteiger partial charge in [0.1, 0.15) is 0 Å². The molecule has 1 amide bonds. The van der Waals surface area contributed by atoms with E-state index in [2.05, 4.69) is 5.32 Å². The summed E-state index contributed by atoms with van der Waals surface area (Å²) in [6, 6.07) is 10.8. The standard InChI is InChI=1S/C16H17NO3S/c1-11-5-7-13(8-6-11)16(19)20-10-15(18)17-12(2)14-4-3-9-21-14/h3-9,12H,10H2,1-2H3,(H,17,18). The van der Waals surface area contributed by atoms with Crippen LogP contribution in [0.1, 0.15) is 33.8 Å². The summed E-state index contributed by atoms with van der Waals surface area (Å²) in [5, 5.41) is 4.75. The Labute approximate surface area is 127 Å². The molecule has 0 fully saturated rings. The molecule has 0 saturated carbocycles. The molecule has 1 aromatic carbocycles. The van der Waals surface area contributed by atoms with Crippen molar-refractivity contribution in [2.24, 2.45) is 0 Å². The van der Waals surface area contributed by atoms with Crippen LogP contribution in [-0.2, 0) is 9.53 Å². The zero-order valence-electron chi connectivity index (χ0n) is 12.0. The van der Waals surface area contributed by atoms with Gasteiger partial charge in [-0.3, -0.25) is 4.79 Å². The molecule has 1 atom stereocenters. The first-order valence-electron chi connectivity index (χ1n) is 6.63. The molecular formula is C16H17NO3S. The summed E-state index contributed by atoms with van der Waals surface area (Å²) in [5.41, 5.74) is 1.51. The van der Waals surface area contributed by atoms with Crippen LogP contribution in [0.15, 0.2) is 41.8 Å². The van der Waals surface area contributed by atoms with Crippen LogP contribution < -0.4 is 5.32 Å². The van der Waals surface area contributed by atoms with Crippen molar-refractivity contribution in [1.29, 1.82) is 0 Å². The number of esters is 1. The van der Waals surface area contributed by atoms with E-state index in [4.69, 9.17) is 4.74 Å². The van der Waals surface area contributed by atoms with Crippen molar-refractivity contribution in [2.75, 3.05) is 6.61 Å². The van der Waals surface area contributed by atoms with Crippen LogP contribution in [-0.4, -0.2) is 18.5 Å². The predicted octanol–water partition coefficient (Wildman–Crippen LogP) is 3.09. The van der Waals surface area contributed by atoms with Crippen molar-refractivity contribution in [3.63, 3.8) is 0 Å². The molecule has 2 rings (SSSR count). The van der Waals surface area contributed by atoms with E-state index in [0.29, 0.717) is 5.56 Å². The van der Waals surface area contributed by atoms with Gasteiger partial charge in [0.2, 0.25) is 0 Å². The van der Waals surface area contributed by atoms with Gasteiger partial charge in [-0.2, -0.15) is 0 Å². The number of carbonyl (C=O) groups is 2. The van der Waals surface area contributed by atoms with E-state index in [9.17, 15) is 9.59 Å². The van der Waals surface area contributed by atoms with Crippen LogP contribution in [0, 0.1) is 6.92 Å². The predicted molar refractivity (Wildman–Crippen MR) is 82.3 cm³/mol. The van der Waals surface area contributed by atoms with Gasteiger partial charge >= 0.3 is 5.97 Å². The smallest absolute Gasteiger partial charge is 0.338 e. The van der Waals surface area contributed by atoms with Gasteiger partial charge in [-0.25, -0.2) is 4.79 Å². The molecule has 5 heteroatoms. The normalized spacial score (nSPS) is 11.7. The second-order valence-electron chi connectivity index (χ2n) is 4.75. The van der Waals surface area contributed by atoms with E-state index in [0.717, 1.165) is 10.4 Å². The summed E-state index contributed by atoms with van der Waals surface area (Å²) < 4.78 is 5.00. The molecule has 21 heavy (non-hydrogen) atoms. The number of rotatable bonds is 5. The molecule has 0 radical (unpaired) electrons. The van der Waals surface area contributed by atoms with Crippen LogP contribution in [0.2, 0.25) is 0 Å². The maximum atomic E-state index is 11.8. The van der Waals surface area contributed by atoms with Crippen LogP contribution in [0.25, 0.3) is 0 Å². The minimum atomic E-state index is -0.492. The van der Waals surface area contributed by atoms with Crippen LogP contribution >= 0.6 is 11.3 Å². The monoisotopic (exact) mass is 303 g/mol. The van der Waals surface area contributed by atoms with Gasteiger partial charge in [0, 0.05) is 4.88 Å². The number of thiophene rings is 1. The number of amides is 1. The molecule has 1 aromatic heterocycles. The minimum Gasteiger partial charge on any atom is -0.452 e. The summed E-state index contributed by atoms with van der Waals surface area (Å²) in [6.45, 7) is 3.56. The largest absolute Gasteiger partial charge is 0.452 e. The number of hydrogen-bond acceptors (Lipinski definition) is 4. The van der Waals surface area contributed by atoms with Gasteiger partial charge in [-0.1, -0.05) is 23.8 Å². The maximum Gasteiger partial charge on any atom is 0.338 e. The summed E-state index contributed by atoms with van der Waals surface area (Å²) in [5.74, 6) is -0.801. The van der Waals surface area contributed by atoms with E-state index in [-0.39, 0.29) is 18.6 Å². The number of hydrogen-bond donors (Lipinski definition) is 1. The molecule has 110 valence electrons. The average Bonchev–Trinajstić information content (AvgIpc) is 3.00. The molecule has 0 aliphatic carbocycles. The third-order valence-corrected chi connectivity index (χ3v) is 4.02. The fraction of sp³-hybridized carbons (Fsp3) is 0.250. The van der Waals surface area contributed by atoms with Crippen LogP contribution in [0.3, 0.4) is 0 Å². The molecule has 4 nitrogen and oxygen atoms in total. The van der Waals surface area contributed by atoms with Crippen LogP contribution in [0.5, 0.6) is 0 Å². The first-order valence-corrected chi connectivity index (χ1v) is 7.51. The summed E-state index contributed by atoms with van der Waals surface area (Å²) >= 11 is 1.57. The highest BCUT2D eigenvalue weighted by atomic mass is 32.1. The molecule has 0 bridgehead atoms. The lowest BCUT2D eigenvalue weighted by Crippen LogP contribution is -2.30. The highest BCUT2D eigenvalue weighted by molar-refractivity contribution is 7.10. The minimum absolute atomic E-state index is 0.0874. The quantitative estimate of drug-likeness (QED) is 0.864. The molecule has 1 unspecified atom stereocenters. The van der Waals surface area contributed by atoms with Crippen molar-refractivity contribution in [1.82, 2.24) is 5.32 Å². The van der Waals surface area contributed by atoms with Gasteiger partial charge in [0.15, 0.2) is 6.61 Å². The number of benzene rings is 1. The Morgan fingerprint density at radius 2 is 1.95 bits per heavy atom. The lowest BCUT2D eigenvalue weighted by Gasteiger charge is -2.12. The Hall–Kier alpha value is -2.14. The Bertz CT molecular complexity index is 605. The van der Waals surface area contributed by atoms with Gasteiger partial charge in [0.05, 0.1) is 11.6 Å². The number of carbonyl (C=O) groups excluding carboxylic acids is 2. The van der Waals surface area contributed by atoms with Crippen molar-refractivity contribution < 1.29 is 14.3 Å². The average molecular weight is 303 g/mol. The van der Waals surface area contributed by atoms with Crippen molar-refractivity contribution in [3.8, 4) is 0 Å². The lowest BCUT2D eigenvalue weighted by molar-refractivity contribution is -0.124. The first-order chi connectivity index (χ1) is 10.1. The molecule has 0 aliphatic rings. The highest BCUT2D eigenvalue weighted by Gasteiger charge is 2.13. The molecule has 0 saturated heterocycles. The molecule has 2 aromatic rings. The third kappa shape index (κ3) is 4.43. The number of ether oxygens (including phenoxy) is 1. The lowest BCUT2D eigenvalue weighted by atomic mass is 10.1. The number of nitrogens with one attached hydrogen (secondary N) is 1. The molecular weight excluding hydrogens is 286 g/mol. The second kappa shape index (κ2) is 7.04. The Morgan fingerprint density at radius 1 is 1.24 bits per heavy atom. The zero-order valence-corrected chi connectivity index (χ0v) is 12.8. The Kier molecular flexibility index (Phi) is 5.11. The number of aryl methyl sites for hydroxylation is 1. The summed E-state index contributed by atoms with van der Waals surface area (Å²) in [6.07, 6.45) is 0. The van der Waals surface area contributed by atoms with Crippen LogP contribution in [0.4, 0.5) is 0 Å². The van der Waals surface area contributed by atoms with Gasteiger partial charge in [0.25, 0.3) is 5.91 Å². The van der Waals surface area contributed by atoms with E-state index in [1.54, 1.807) is 23.5 Å². The molecule has 1 N–H and O–H groups in total. The van der Waals surface area contributed by atoms with E-state index < -0.39 is 5.97 Å². The molecule has 0 aliphatic heterocycles. The highest BCUT2D eigenvalue weighted by Crippen LogP contribution is 2.17. The van der Waals surface area contributed by atoms with E-state index in [1.807, 2.05) is 43.5 Å². The third-order valence-electron chi connectivity index (χ3n) is 2.97. The fourth-order valence-electron chi connectivity index (χ4n) is 1.80. The first kappa shape index (κ1) is 15.3. The zero-order chi connectivity index (χ0) is 15.2. The van der Waals surface area contributed by atoms with Gasteiger partial charge in [-0.15, -0.1) is 11.3 Å². The van der Waals surface area contributed by atoms with Crippen molar-refractivity contribution in [3.05, 3.63) is 57.8 Å². The van der Waals surface area contributed by atoms with Gasteiger partial charge in [-0.05, 0) is 37.4 Å². The van der Waals surface area contributed by atoms with Crippen molar-refractivity contribution >= 4 is 23.2 Å². The Balaban J connectivity index is 1.81. The Morgan fingerprint density at radius 3 is 2.57 bits per heavy atom. The van der Waals surface area contributed by atoms with E-state index >= 15 is 0 Å². The fourth-order valence-corrected chi connectivity index (χ4v) is 2.53. The summed E-state index contributed by atoms with van der Waals surface area (Å²) in [4.78, 5) is 24.6. The molecule has 0 spiro atoms. The summed E-state index contributed by atoms with van der Waals surface area (Å²) in [7, 11) is 0. The SMILES string of the molecule is Cc1ccc(C(=O)OCC(=O)NC(C)c2cccs2)cc1. The van der Waals surface area contributed by atoms with Crippen molar-refractivity contribution in [2.45, 2.75) is 19.9 Å². The second-order valence-corrected chi connectivity index (χ2v) is 5.73. The van der Waals surface area contributed by atoms with E-state index in [1.165, 1.54) is 0 Å².